The SMILES string of the molecule is O=C(O)c1cscc1-c1ccns1. The molecule has 0 fully saturated rings. The van der Waals surface area contributed by atoms with E-state index in [0.29, 0.717) is 5.56 Å². The second-order valence-corrected chi connectivity index (χ2v) is 3.96. The number of thiophene rings is 1. The van der Waals surface area contributed by atoms with Crippen LogP contribution in [0.25, 0.3) is 10.4 Å². The summed E-state index contributed by atoms with van der Waals surface area (Å²) in [5, 5.41) is 12.3. The van der Waals surface area contributed by atoms with Gasteiger partial charge in [-0.15, -0.1) is 0 Å². The van der Waals surface area contributed by atoms with E-state index in [1.165, 1.54) is 22.9 Å². The van der Waals surface area contributed by atoms with Crippen molar-refractivity contribution in [3.63, 3.8) is 0 Å². The largest absolute Gasteiger partial charge is 0.478 e. The molecule has 2 aromatic heterocycles. The molecule has 66 valence electrons. The van der Waals surface area contributed by atoms with E-state index in [0.717, 1.165) is 10.4 Å². The first-order valence-corrected chi connectivity index (χ1v) is 5.21. The molecule has 0 aliphatic rings. The molecule has 0 amide bonds. The van der Waals surface area contributed by atoms with Crippen molar-refractivity contribution in [2.45, 2.75) is 0 Å². The van der Waals surface area contributed by atoms with Gasteiger partial charge in [0.05, 0.1) is 10.4 Å². The summed E-state index contributed by atoms with van der Waals surface area (Å²) < 4.78 is 3.93. The second-order valence-electron chi connectivity index (χ2n) is 2.38. The van der Waals surface area contributed by atoms with Crippen LogP contribution in [-0.4, -0.2) is 15.4 Å². The Bertz CT molecular complexity index is 419. The molecular weight excluding hydrogens is 206 g/mol. The van der Waals surface area contributed by atoms with Gasteiger partial charge in [-0.2, -0.15) is 11.3 Å². The third kappa shape index (κ3) is 1.48. The molecule has 0 aromatic carbocycles. The number of carbonyl (C=O) groups is 1. The number of aromatic carboxylic acids is 1. The van der Waals surface area contributed by atoms with Crippen molar-refractivity contribution >= 4 is 28.8 Å². The fourth-order valence-electron chi connectivity index (χ4n) is 1.01. The maximum Gasteiger partial charge on any atom is 0.337 e. The maximum absolute atomic E-state index is 10.8. The molecule has 0 spiro atoms. The van der Waals surface area contributed by atoms with E-state index < -0.39 is 5.97 Å². The van der Waals surface area contributed by atoms with Gasteiger partial charge in [0.25, 0.3) is 0 Å². The predicted octanol–water partition coefficient (Wildman–Crippen LogP) is 2.57. The van der Waals surface area contributed by atoms with Crippen molar-refractivity contribution in [3.8, 4) is 10.4 Å². The molecule has 0 saturated carbocycles. The Labute approximate surface area is 82.5 Å². The van der Waals surface area contributed by atoms with Crippen molar-refractivity contribution < 1.29 is 9.90 Å². The summed E-state index contributed by atoms with van der Waals surface area (Å²) in [6, 6.07) is 1.82. The third-order valence-corrected chi connectivity index (χ3v) is 3.12. The van der Waals surface area contributed by atoms with Crippen LogP contribution in [0.3, 0.4) is 0 Å². The quantitative estimate of drug-likeness (QED) is 0.830. The van der Waals surface area contributed by atoms with E-state index in [1.807, 2.05) is 11.4 Å². The summed E-state index contributed by atoms with van der Waals surface area (Å²) >= 11 is 2.70. The minimum absolute atomic E-state index is 0.356. The average Bonchev–Trinajstić information content (AvgIpc) is 2.74. The summed E-state index contributed by atoms with van der Waals surface area (Å²) in [5.74, 6) is -0.885. The highest BCUT2D eigenvalue weighted by Gasteiger charge is 2.13. The van der Waals surface area contributed by atoms with Gasteiger partial charge in [-0.3, -0.25) is 0 Å². The molecule has 0 unspecified atom stereocenters. The highest BCUT2D eigenvalue weighted by molar-refractivity contribution is 7.11. The van der Waals surface area contributed by atoms with Crippen LogP contribution >= 0.6 is 22.9 Å². The number of hydrogen-bond acceptors (Lipinski definition) is 4. The van der Waals surface area contributed by atoms with Crippen molar-refractivity contribution in [1.29, 1.82) is 0 Å². The minimum atomic E-state index is -0.885. The standard InChI is InChI=1S/C8H5NO2S2/c10-8(11)6-4-12-3-5(6)7-1-2-9-13-7/h1-4H,(H,10,11). The number of carboxylic acids is 1. The van der Waals surface area contributed by atoms with Gasteiger partial charge in [-0.25, -0.2) is 9.17 Å². The minimum Gasteiger partial charge on any atom is -0.478 e. The number of nitrogens with zero attached hydrogens (tertiary/aromatic N) is 1. The zero-order chi connectivity index (χ0) is 9.26. The number of rotatable bonds is 2. The summed E-state index contributed by atoms with van der Waals surface area (Å²) in [6.45, 7) is 0. The third-order valence-electron chi connectivity index (χ3n) is 1.60. The molecule has 2 rings (SSSR count). The second kappa shape index (κ2) is 3.27. The molecule has 3 nitrogen and oxygen atoms in total. The number of hydrogen-bond donors (Lipinski definition) is 1. The van der Waals surface area contributed by atoms with E-state index >= 15 is 0 Å². The van der Waals surface area contributed by atoms with Crippen LogP contribution in [0.15, 0.2) is 23.0 Å². The van der Waals surface area contributed by atoms with Crippen LogP contribution in [-0.2, 0) is 0 Å². The van der Waals surface area contributed by atoms with Crippen molar-refractivity contribution in [3.05, 3.63) is 28.6 Å². The first-order chi connectivity index (χ1) is 6.29. The molecule has 0 bridgehead atoms. The van der Waals surface area contributed by atoms with Gasteiger partial charge in [-0.05, 0) is 17.6 Å². The molecule has 0 saturated heterocycles. The van der Waals surface area contributed by atoms with Gasteiger partial charge in [0, 0.05) is 22.5 Å². The zero-order valence-corrected chi connectivity index (χ0v) is 8.06. The van der Waals surface area contributed by atoms with Gasteiger partial charge in [-0.1, -0.05) is 0 Å². The van der Waals surface area contributed by atoms with Gasteiger partial charge < -0.3 is 5.11 Å². The highest BCUT2D eigenvalue weighted by atomic mass is 32.1. The topological polar surface area (TPSA) is 50.2 Å². The maximum atomic E-state index is 10.8. The molecule has 5 heteroatoms. The number of aromatic nitrogens is 1. The van der Waals surface area contributed by atoms with E-state index in [9.17, 15) is 4.79 Å². The van der Waals surface area contributed by atoms with Crippen molar-refractivity contribution in [2.24, 2.45) is 0 Å². The molecule has 0 atom stereocenters. The summed E-state index contributed by atoms with van der Waals surface area (Å²) in [4.78, 5) is 11.7. The van der Waals surface area contributed by atoms with Crippen molar-refractivity contribution in [1.82, 2.24) is 4.37 Å². The lowest BCUT2D eigenvalue weighted by molar-refractivity contribution is 0.0698. The predicted molar refractivity (Wildman–Crippen MR) is 52.4 cm³/mol. The summed E-state index contributed by atoms with van der Waals surface area (Å²) in [7, 11) is 0. The van der Waals surface area contributed by atoms with E-state index in [4.69, 9.17) is 5.11 Å². The smallest absolute Gasteiger partial charge is 0.337 e. The average molecular weight is 211 g/mol. The molecule has 0 aliphatic heterocycles. The molecule has 2 heterocycles. The number of carboxylic acid groups (broad SMARTS) is 1. The van der Waals surface area contributed by atoms with Gasteiger partial charge in [0.1, 0.15) is 0 Å². The molecule has 2 aromatic rings. The Balaban J connectivity index is 2.52. The summed E-state index contributed by atoms with van der Waals surface area (Å²) in [6.07, 6.45) is 1.67. The van der Waals surface area contributed by atoms with Gasteiger partial charge in [0.15, 0.2) is 0 Å². The molecule has 0 aliphatic carbocycles. The van der Waals surface area contributed by atoms with E-state index in [2.05, 4.69) is 4.37 Å². The van der Waals surface area contributed by atoms with Gasteiger partial charge in [0.2, 0.25) is 0 Å². The molecule has 13 heavy (non-hydrogen) atoms. The van der Waals surface area contributed by atoms with Crippen LogP contribution in [0.5, 0.6) is 0 Å². The Morgan fingerprint density at radius 2 is 2.31 bits per heavy atom. The molecule has 1 N–H and O–H groups in total. The Hall–Kier alpha value is -1.20. The fourth-order valence-corrected chi connectivity index (χ4v) is 2.53. The van der Waals surface area contributed by atoms with Crippen molar-refractivity contribution in [2.75, 3.05) is 0 Å². The fraction of sp³-hybridized carbons (Fsp3) is 0. The Morgan fingerprint density at radius 1 is 1.46 bits per heavy atom. The molecule has 0 radical (unpaired) electrons. The lowest BCUT2D eigenvalue weighted by Crippen LogP contribution is -1.94. The summed E-state index contributed by atoms with van der Waals surface area (Å²) in [5.41, 5.74) is 1.12. The monoisotopic (exact) mass is 211 g/mol. The first kappa shape index (κ1) is 8.40. The zero-order valence-electron chi connectivity index (χ0n) is 6.43. The normalized spacial score (nSPS) is 10.2. The lowest BCUT2D eigenvalue weighted by atomic mass is 10.2. The molecular formula is C8H5NO2S2. The van der Waals surface area contributed by atoms with Crippen LogP contribution in [0.1, 0.15) is 10.4 Å². The van der Waals surface area contributed by atoms with E-state index in [-0.39, 0.29) is 0 Å². The van der Waals surface area contributed by atoms with Crippen LogP contribution in [0.2, 0.25) is 0 Å². The Morgan fingerprint density at radius 3 is 2.92 bits per heavy atom. The van der Waals surface area contributed by atoms with E-state index in [1.54, 1.807) is 11.6 Å². The van der Waals surface area contributed by atoms with Crippen LogP contribution < -0.4 is 0 Å². The van der Waals surface area contributed by atoms with Crippen LogP contribution in [0.4, 0.5) is 0 Å². The highest BCUT2D eigenvalue weighted by Crippen LogP contribution is 2.29. The lowest BCUT2D eigenvalue weighted by Gasteiger charge is -1.93. The Kier molecular flexibility index (Phi) is 2.12. The van der Waals surface area contributed by atoms with Gasteiger partial charge >= 0.3 is 5.97 Å². The first-order valence-electron chi connectivity index (χ1n) is 3.49. The van der Waals surface area contributed by atoms with Crippen LogP contribution in [0, 0.1) is 0 Å².